The molecule has 1 aliphatic carbocycles. The third kappa shape index (κ3) is 5.07. The maximum absolute atomic E-state index is 15.0. The SMILES string of the molecule is C[C@]1(C(N)=O)COc2c1cc([C@@](C)(CNC(=O)c1cc(OC3CC3)c3ncccc3c1)C(F)(F)F)nc2-c1ccc(F)cc1. The van der Waals surface area contributed by atoms with Gasteiger partial charge in [0.25, 0.3) is 5.91 Å². The Morgan fingerprint density at radius 3 is 2.52 bits per heavy atom. The van der Waals surface area contributed by atoms with Gasteiger partial charge in [-0.2, -0.15) is 13.2 Å². The molecule has 8 nitrogen and oxygen atoms in total. The quantitative estimate of drug-likeness (QED) is 0.260. The van der Waals surface area contributed by atoms with E-state index < -0.39 is 46.9 Å². The predicted octanol–water partition coefficient (Wildman–Crippen LogP) is 5.36. The van der Waals surface area contributed by atoms with Crippen LogP contribution in [0.3, 0.4) is 0 Å². The second-order valence-corrected chi connectivity index (χ2v) is 11.6. The van der Waals surface area contributed by atoms with E-state index in [9.17, 15) is 27.2 Å². The van der Waals surface area contributed by atoms with Crippen molar-refractivity contribution in [3.63, 3.8) is 0 Å². The molecule has 44 heavy (non-hydrogen) atoms. The summed E-state index contributed by atoms with van der Waals surface area (Å²) >= 11 is 0. The van der Waals surface area contributed by atoms with E-state index in [1.807, 2.05) is 0 Å². The van der Waals surface area contributed by atoms with Crippen molar-refractivity contribution < 1.29 is 36.6 Å². The number of alkyl halides is 3. The highest BCUT2D eigenvalue weighted by Gasteiger charge is 2.55. The van der Waals surface area contributed by atoms with Crippen LogP contribution < -0.4 is 20.5 Å². The normalized spacial score (nSPS) is 19.1. The Morgan fingerprint density at radius 1 is 1.14 bits per heavy atom. The summed E-state index contributed by atoms with van der Waals surface area (Å²) < 4.78 is 70.3. The van der Waals surface area contributed by atoms with E-state index in [4.69, 9.17) is 15.2 Å². The standard InChI is InChI=1S/C32H28F4N4O4/c1-30(29(37)42)16-43-27-22(30)14-24(40-26(27)17-5-7-20(33)8-6-17)31(2,32(34,35)36)15-39-28(41)19-12-18-4-3-11-38-25(18)23(13-19)44-21-9-10-21/h3-8,11-14,21H,9-10,15-16H2,1-2H3,(H2,37,42)(H,39,41)/t30-,31+/m0/s1. The molecular formula is C32H28F4N4O4. The molecule has 228 valence electrons. The number of nitrogens with two attached hydrogens (primary N) is 1. The lowest BCUT2D eigenvalue weighted by Gasteiger charge is -2.33. The fourth-order valence-electron chi connectivity index (χ4n) is 5.11. The Kier molecular flexibility index (Phi) is 6.97. The number of primary amides is 1. The van der Waals surface area contributed by atoms with Crippen molar-refractivity contribution in [2.75, 3.05) is 13.2 Å². The number of hydrogen-bond donors (Lipinski definition) is 2. The summed E-state index contributed by atoms with van der Waals surface area (Å²) in [5.74, 6) is -1.64. The fraction of sp³-hybridized carbons (Fsp3) is 0.312. The van der Waals surface area contributed by atoms with Gasteiger partial charge in [-0.05, 0) is 75.2 Å². The van der Waals surface area contributed by atoms with Gasteiger partial charge in [0.05, 0.1) is 11.8 Å². The van der Waals surface area contributed by atoms with Gasteiger partial charge in [-0.1, -0.05) is 6.07 Å². The molecule has 3 N–H and O–H groups in total. The average molecular weight is 609 g/mol. The van der Waals surface area contributed by atoms with Crippen LogP contribution in [-0.4, -0.2) is 47.2 Å². The van der Waals surface area contributed by atoms with Crippen molar-refractivity contribution in [2.45, 2.75) is 49.8 Å². The number of nitrogens with one attached hydrogen (secondary N) is 1. The number of rotatable bonds is 8. The number of pyridine rings is 2. The van der Waals surface area contributed by atoms with Crippen molar-refractivity contribution in [2.24, 2.45) is 5.73 Å². The number of ether oxygens (including phenoxy) is 2. The first-order chi connectivity index (χ1) is 20.8. The molecule has 2 aromatic heterocycles. The number of benzene rings is 2. The summed E-state index contributed by atoms with van der Waals surface area (Å²) in [4.78, 5) is 34.5. The van der Waals surface area contributed by atoms with Crippen LogP contribution in [0.1, 0.15) is 48.3 Å². The zero-order valence-corrected chi connectivity index (χ0v) is 23.8. The molecule has 0 saturated heterocycles. The number of carbonyl (C=O) groups excluding carboxylic acids is 2. The molecule has 2 aliphatic rings. The number of amides is 2. The van der Waals surface area contributed by atoms with Gasteiger partial charge >= 0.3 is 6.18 Å². The Morgan fingerprint density at radius 2 is 1.86 bits per heavy atom. The first-order valence-electron chi connectivity index (χ1n) is 14.0. The van der Waals surface area contributed by atoms with Gasteiger partial charge in [0.1, 0.15) is 46.0 Å². The molecule has 0 bridgehead atoms. The minimum atomic E-state index is -4.91. The molecule has 2 amide bonds. The number of carbonyl (C=O) groups is 2. The highest BCUT2D eigenvalue weighted by molar-refractivity contribution is 6.00. The molecule has 1 fully saturated rings. The van der Waals surface area contributed by atoms with Crippen LogP contribution in [0, 0.1) is 5.82 Å². The predicted molar refractivity (Wildman–Crippen MR) is 153 cm³/mol. The number of fused-ring (bicyclic) bond motifs is 2. The van der Waals surface area contributed by atoms with Crippen LogP contribution in [0.5, 0.6) is 11.5 Å². The second kappa shape index (κ2) is 10.5. The molecule has 3 heterocycles. The highest BCUT2D eigenvalue weighted by atomic mass is 19.4. The van der Waals surface area contributed by atoms with Gasteiger partial charge in [0.15, 0.2) is 0 Å². The number of halogens is 4. The Bertz CT molecular complexity index is 1790. The van der Waals surface area contributed by atoms with E-state index in [1.54, 1.807) is 18.3 Å². The van der Waals surface area contributed by atoms with Gasteiger partial charge in [-0.25, -0.2) is 9.37 Å². The van der Waals surface area contributed by atoms with Crippen LogP contribution >= 0.6 is 0 Å². The Labute approximate surface area is 249 Å². The topological polar surface area (TPSA) is 116 Å². The molecule has 6 rings (SSSR count). The largest absolute Gasteiger partial charge is 0.489 e. The average Bonchev–Trinajstić information content (AvgIpc) is 3.74. The van der Waals surface area contributed by atoms with Gasteiger partial charge in [0, 0.05) is 34.8 Å². The maximum Gasteiger partial charge on any atom is 0.401 e. The van der Waals surface area contributed by atoms with Crippen molar-refractivity contribution in [1.82, 2.24) is 15.3 Å². The number of nitrogens with zero attached hydrogens (tertiary/aromatic N) is 2. The van der Waals surface area contributed by atoms with E-state index in [-0.39, 0.29) is 40.8 Å². The van der Waals surface area contributed by atoms with E-state index in [0.29, 0.717) is 16.7 Å². The van der Waals surface area contributed by atoms with Crippen molar-refractivity contribution in [1.29, 1.82) is 0 Å². The van der Waals surface area contributed by atoms with E-state index in [2.05, 4.69) is 15.3 Å². The van der Waals surface area contributed by atoms with Crippen LogP contribution in [-0.2, 0) is 15.6 Å². The monoisotopic (exact) mass is 608 g/mol. The lowest BCUT2D eigenvalue weighted by molar-refractivity contribution is -0.184. The Hall–Kier alpha value is -4.74. The smallest absolute Gasteiger partial charge is 0.401 e. The molecule has 2 aromatic carbocycles. The lowest BCUT2D eigenvalue weighted by Crippen LogP contribution is -2.49. The lowest BCUT2D eigenvalue weighted by atomic mass is 9.79. The summed E-state index contributed by atoms with van der Waals surface area (Å²) in [6.45, 7) is 1.29. The van der Waals surface area contributed by atoms with Crippen molar-refractivity contribution in [3.8, 4) is 22.8 Å². The van der Waals surface area contributed by atoms with Crippen LogP contribution in [0.25, 0.3) is 22.2 Å². The van der Waals surface area contributed by atoms with E-state index in [1.165, 1.54) is 31.2 Å². The Balaban J connectivity index is 1.40. The second-order valence-electron chi connectivity index (χ2n) is 11.6. The summed E-state index contributed by atoms with van der Waals surface area (Å²) in [6, 6.07) is 12.6. The highest BCUT2D eigenvalue weighted by Crippen LogP contribution is 2.48. The summed E-state index contributed by atoms with van der Waals surface area (Å²) in [5, 5.41) is 3.04. The third-order valence-electron chi connectivity index (χ3n) is 8.28. The number of aromatic nitrogens is 2. The summed E-state index contributed by atoms with van der Waals surface area (Å²) in [5.41, 5.74) is 2.07. The molecule has 12 heteroatoms. The minimum Gasteiger partial charge on any atom is -0.489 e. The summed E-state index contributed by atoms with van der Waals surface area (Å²) in [7, 11) is 0. The van der Waals surface area contributed by atoms with Crippen molar-refractivity contribution in [3.05, 3.63) is 83.4 Å². The molecule has 2 atom stereocenters. The molecule has 0 unspecified atom stereocenters. The van der Waals surface area contributed by atoms with E-state index >= 15 is 0 Å². The van der Waals surface area contributed by atoms with Crippen LogP contribution in [0.2, 0.25) is 0 Å². The molecule has 1 aliphatic heterocycles. The fourth-order valence-corrected chi connectivity index (χ4v) is 5.11. The molecule has 4 aromatic rings. The van der Waals surface area contributed by atoms with E-state index in [0.717, 1.165) is 38.0 Å². The zero-order chi connectivity index (χ0) is 31.4. The maximum atomic E-state index is 15.0. The summed E-state index contributed by atoms with van der Waals surface area (Å²) in [6.07, 6.45) is -1.58. The first-order valence-corrected chi connectivity index (χ1v) is 14.0. The van der Waals surface area contributed by atoms with Crippen LogP contribution in [0.15, 0.2) is 60.8 Å². The zero-order valence-electron chi connectivity index (χ0n) is 23.8. The third-order valence-corrected chi connectivity index (χ3v) is 8.28. The first kappa shape index (κ1) is 29.3. The van der Waals surface area contributed by atoms with Gasteiger partial charge in [-0.3, -0.25) is 14.6 Å². The molecule has 1 saturated carbocycles. The van der Waals surface area contributed by atoms with Gasteiger partial charge < -0.3 is 20.5 Å². The molecule has 0 spiro atoms. The number of hydrogen-bond acceptors (Lipinski definition) is 6. The van der Waals surface area contributed by atoms with Crippen LogP contribution in [0.4, 0.5) is 17.6 Å². The minimum absolute atomic E-state index is 0.00305. The van der Waals surface area contributed by atoms with Gasteiger partial charge in [0.2, 0.25) is 5.91 Å². The van der Waals surface area contributed by atoms with Crippen molar-refractivity contribution >= 4 is 22.7 Å². The molecule has 0 radical (unpaired) electrons. The van der Waals surface area contributed by atoms with Gasteiger partial charge in [-0.15, -0.1) is 0 Å². The molecular weight excluding hydrogens is 580 g/mol.